The number of furan rings is 1. The van der Waals surface area contributed by atoms with Crippen LogP contribution in [0.1, 0.15) is 21.7 Å². The summed E-state index contributed by atoms with van der Waals surface area (Å²) in [6, 6.07) is 19.6. The lowest BCUT2D eigenvalue weighted by molar-refractivity contribution is 0.0960. The van der Waals surface area contributed by atoms with Crippen LogP contribution < -0.4 is 4.90 Å². The van der Waals surface area contributed by atoms with Crippen molar-refractivity contribution in [3.8, 4) is 0 Å². The fourth-order valence-corrected chi connectivity index (χ4v) is 3.91. The van der Waals surface area contributed by atoms with E-state index in [2.05, 4.69) is 24.0 Å². The van der Waals surface area contributed by atoms with Gasteiger partial charge in [0.05, 0.1) is 16.5 Å². The van der Waals surface area contributed by atoms with Crippen molar-refractivity contribution in [2.75, 3.05) is 11.4 Å². The second kappa shape index (κ2) is 7.14. The van der Waals surface area contributed by atoms with Gasteiger partial charge in [0.1, 0.15) is 0 Å². The predicted octanol–water partition coefficient (Wildman–Crippen LogP) is 5.09. The zero-order valence-corrected chi connectivity index (χ0v) is 15.2. The van der Waals surface area contributed by atoms with Crippen LogP contribution in [-0.4, -0.2) is 17.4 Å². The first-order valence-electron chi connectivity index (χ1n) is 8.48. The molecule has 0 saturated heterocycles. The molecule has 130 valence electrons. The van der Waals surface area contributed by atoms with Crippen molar-refractivity contribution in [1.82, 2.24) is 4.98 Å². The Morgan fingerprint density at radius 2 is 1.88 bits per heavy atom. The van der Waals surface area contributed by atoms with Gasteiger partial charge in [-0.25, -0.2) is 4.98 Å². The molecule has 26 heavy (non-hydrogen) atoms. The molecular weight excluding hydrogens is 344 g/mol. The lowest BCUT2D eigenvalue weighted by Crippen LogP contribution is -2.32. The third kappa shape index (κ3) is 3.26. The molecule has 5 heteroatoms. The first kappa shape index (κ1) is 16.5. The minimum Gasteiger partial charge on any atom is -0.459 e. The minimum absolute atomic E-state index is 0.164. The van der Waals surface area contributed by atoms with Crippen LogP contribution in [0, 0.1) is 6.92 Å². The predicted molar refractivity (Wildman–Crippen MR) is 105 cm³/mol. The van der Waals surface area contributed by atoms with Crippen molar-refractivity contribution in [2.45, 2.75) is 13.3 Å². The van der Waals surface area contributed by atoms with Crippen LogP contribution >= 0.6 is 11.3 Å². The molecule has 4 rings (SSSR count). The lowest BCUT2D eigenvalue weighted by atomic mass is 10.1. The number of anilines is 1. The van der Waals surface area contributed by atoms with E-state index in [-0.39, 0.29) is 5.91 Å². The molecular formula is C21H18N2O2S. The van der Waals surface area contributed by atoms with E-state index in [1.165, 1.54) is 28.7 Å². The molecule has 0 radical (unpaired) electrons. The molecule has 2 heterocycles. The first-order valence-corrected chi connectivity index (χ1v) is 9.29. The Morgan fingerprint density at radius 3 is 2.65 bits per heavy atom. The summed E-state index contributed by atoms with van der Waals surface area (Å²) in [5, 5.41) is 0.696. The number of amides is 1. The first-order chi connectivity index (χ1) is 12.7. The highest BCUT2D eigenvalue weighted by Gasteiger charge is 2.23. The van der Waals surface area contributed by atoms with Crippen LogP contribution in [-0.2, 0) is 6.42 Å². The van der Waals surface area contributed by atoms with Gasteiger partial charge < -0.3 is 4.42 Å². The van der Waals surface area contributed by atoms with Crippen molar-refractivity contribution < 1.29 is 9.21 Å². The number of hydrogen-bond acceptors (Lipinski definition) is 4. The van der Waals surface area contributed by atoms with Gasteiger partial charge in [0.25, 0.3) is 5.91 Å². The summed E-state index contributed by atoms with van der Waals surface area (Å²) in [7, 11) is 0. The monoisotopic (exact) mass is 362 g/mol. The smallest absolute Gasteiger partial charge is 0.295 e. The SMILES string of the molecule is Cc1ccccc1CCN(C(=O)c1ccco1)c1nc2ccccc2s1. The van der Waals surface area contributed by atoms with E-state index in [9.17, 15) is 4.79 Å². The summed E-state index contributed by atoms with van der Waals surface area (Å²) < 4.78 is 6.40. The molecule has 0 fully saturated rings. The molecule has 0 N–H and O–H groups in total. The van der Waals surface area contributed by atoms with Crippen molar-refractivity contribution in [3.63, 3.8) is 0 Å². The molecule has 0 unspecified atom stereocenters. The number of nitrogens with zero attached hydrogens (tertiary/aromatic N) is 2. The van der Waals surface area contributed by atoms with Gasteiger partial charge in [-0.1, -0.05) is 47.7 Å². The average molecular weight is 362 g/mol. The third-order valence-electron chi connectivity index (χ3n) is 4.36. The van der Waals surface area contributed by atoms with E-state index in [1.807, 2.05) is 36.4 Å². The van der Waals surface area contributed by atoms with E-state index in [1.54, 1.807) is 17.0 Å². The summed E-state index contributed by atoms with van der Waals surface area (Å²) in [6.45, 7) is 2.63. The summed E-state index contributed by atoms with van der Waals surface area (Å²) in [6.07, 6.45) is 2.28. The van der Waals surface area contributed by atoms with E-state index >= 15 is 0 Å². The number of hydrogen-bond donors (Lipinski definition) is 0. The molecule has 0 aliphatic rings. The number of benzene rings is 2. The molecule has 0 atom stereocenters. The summed E-state index contributed by atoms with van der Waals surface area (Å²) in [4.78, 5) is 19.4. The van der Waals surface area contributed by atoms with Gasteiger partial charge in [0, 0.05) is 6.54 Å². The summed E-state index contributed by atoms with van der Waals surface area (Å²) in [5.41, 5.74) is 3.36. The van der Waals surface area contributed by atoms with Crippen LogP contribution in [0.5, 0.6) is 0 Å². The quantitative estimate of drug-likeness (QED) is 0.497. The molecule has 2 aromatic carbocycles. The second-order valence-corrected chi connectivity index (χ2v) is 7.08. The van der Waals surface area contributed by atoms with E-state index in [0.717, 1.165) is 16.6 Å². The van der Waals surface area contributed by atoms with Crippen molar-refractivity contribution in [2.24, 2.45) is 0 Å². The Hall–Kier alpha value is -2.92. The number of fused-ring (bicyclic) bond motifs is 1. The zero-order valence-electron chi connectivity index (χ0n) is 14.4. The maximum Gasteiger partial charge on any atom is 0.295 e. The van der Waals surface area contributed by atoms with Gasteiger partial charge in [0.2, 0.25) is 0 Å². The van der Waals surface area contributed by atoms with E-state index < -0.39 is 0 Å². The van der Waals surface area contributed by atoms with Gasteiger partial charge >= 0.3 is 0 Å². The van der Waals surface area contributed by atoms with E-state index in [4.69, 9.17) is 4.42 Å². The topological polar surface area (TPSA) is 46.3 Å². The normalized spacial score (nSPS) is 11.0. The van der Waals surface area contributed by atoms with Crippen LogP contribution in [0.4, 0.5) is 5.13 Å². The number of carbonyl (C=O) groups excluding carboxylic acids is 1. The number of para-hydroxylation sites is 1. The minimum atomic E-state index is -0.164. The molecule has 0 bridgehead atoms. The van der Waals surface area contributed by atoms with Gasteiger partial charge in [-0.2, -0.15) is 0 Å². The molecule has 4 nitrogen and oxygen atoms in total. The number of carbonyl (C=O) groups is 1. The Balaban J connectivity index is 1.67. The van der Waals surface area contributed by atoms with Crippen molar-refractivity contribution in [1.29, 1.82) is 0 Å². The maximum absolute atomic E-state index is 13.0. The Labute approximate surface area is 155 Å². The van der Waals surface area contributed by atoms with Crippen LogP contribution in [0.2, 0.25) is 0 Å². The van der Waals surface area contributed by atoms with Gasteiger partial charge in [-0.15, -0.1) is 0 Å². The number of aromatic nitrogens is 1. The molecule has 1 amide bonds. The number of thiazole rings is 1. The van der Waals surface area contributed by atoms with Crippen molar-refractivity contribution >= 4 is 32.6 Å². The van der Waals surface area contributed by atoms with Gasteiger partial charge in [0.15, 0.2) is 10.9 Å². The van der Waals surface area contributed by atoms with E-state index in [0.29, 0.717) is 17.4 Å². The summed E-state index contributed by atoms with van der Waals surface area (Å²) in [5.74, 6) is 0.164. The van der Waals surface area contributed by atoms with Crippen molar-refractivity contribution in [3.05, 3.63) is 83.8 Å². The largest absolute Gasteiger partial charge is 0.459 e. The number of aryl methyl sites for hydroxylation is 1. The van der Waals surface area contributed by atoms with Gasteiger partial charge in [-0.05, 0) is 48.7 Å². The molecule has 0 aliphatic carbocycles. The Morgan fingerprint density at radius 1 is 1.08 bits per heavy atom. The fraction of sp³-hybridized carbons (Fsp3) is 0.143. The third-order valence-corrected chi connectivity index (χ3v) is 5.42. The zero-order chi connectivity index (χ0) is 17.9. The highest BCUT2D eigenvalue weighted by atomic mass is 32.1. The molecule has 0 spiro atoms. The maximum atomic E-state index is 13.0. The highest BCUT2D eigenvalue weighted by Crippen LogP contribution is 2.30. The standard InChI is InChI=1S/C21H18N2O2S/c1-15-7-2-3-8-16(15)12-13-23(20(24)18-10-6-14-25-18)21-22-17-9-4-5-11-19(17)26-21/h2-11,14H,12-13H2,1H3. The molecule has 2 aromatic heterocycles. The second-order valence-electron chi connectivity index (χ2n) is 6.07. The average Bonchev–Trinajstić information content (AvgIpc) is 3.32. The molecule has 0 aliphatic heterocycles. The Kier molecular flexibility index (Phi) is 4.54. The lowest BCUT2D eigenvalue weighted by Gasteiger charge is -2.19. The Bertz CT molecular complexity index is 1000. The number of rotatable bonds is 5. The molecule has 0 saturated carbocycles. The fourth-order valence-electron chi connectivity index (χ4n) is 2.92. The van der Waals surface area contributed by atoms with Crippen LogP contribution in [0.3, 0.4) is 0 Å². The van der Waals surface area contributed by atoms with Crippen LogP contribution in [0.25, 0.3) is 10.2 Å². The molecule has 4 aromatic rings. The highest BCUT2D eigenvalue weighted by molar-refractivity contribution is 7.22. The van der Waals surface area contributed by atoms with Gasteiger partial charge in [-0.3, -0.25) is 9.69 Å². The van der Waals surface area contributed by atoms with Crippen LogP contribution in [0.15, 0.2) is 71.3 Å². The summed E-state index contributed by atoms with van der Waals surface area (Å²) >= 11 is 1.52.